The third-order valence-corrected chi connectivity index (χ3v) is 3.22. The van der Waals surface area contributed by atoms with Crippen LogP contribution in [-0.2, 0) is 0 Å². The van der Waals surface area contributed by atoms with Gasteiger partial charge in [0.25, 0.3) is 0 Å². The number of unbranched alkanes of at least 4 members (excludes halogenated alkanes) is 11. The van der Waals surface area contributed by atoms with Crippen molar-refractivity contribution in [2.24, 2.45) is 0 Å². The van der Waals surface area contributed by atoms with Gasteiger partial charge < -0.3 is 5.11 Å². The molecule has 0 fully saturated rings. The first-order valence-corrected chi connectivity index (χ1v) is 8.44. The van der Waals surface area contributed by atoms with Crippen LogP contribution >= 0.6 is 0 Å². The lowest BCUT2D eigenvalue weighted by Gasteiger charge is -1.98. The van der Waals surface area contributed by atoms with Gasteiger partial charge in [0.2, 0.25) is 0 Å². The van der Waals surface area contributed by atoms with Gasteiger partial charge in [-0.15, -0.1) is 0 Å². The van der Waals surface area contributed by atoms with E-state index in [1.54, 1.807) is 0 Å². The number of hydrogen-bond acceptors (Lipinski definition) is 1. The van der Waals surface area contributed by atoms with E-state index in [0.717, 1.165) is 6.42 Å². The highest BCUT2D eigenvalue weighted by Gasteiger charge is 1.89. The lowest BCUT2D eigenvalue weighted by Crippen LogP contribution is -1.83. The molecular formula is C17H38O. The molecule has 0 aromatic rings. The van der Waals surface area contributed by atoms with Gasteiger partial charge in [0.1, 0.15) is 0 Å². The Kier molecular flexibility index (Phi) is 25.0. The molecule has 0 radical (unpaired) electrons. The zero-order valence-corrected chi connectivity index (χ0v) is 13.3. The van der Waals surface area contributed by atoms with Crippen molar-refractivity contribution in [3.8, 4) is 0 Å². The number of aliphatic hydroxyl groups excluding tert-OH is 1. The normalized spacial score (nSPS) is 10.0. The van der Waals surface area contributed by atoms with Gasteiger partial charge in [0.05, 0.1) is 0 Å². The molecule has 0 aliphatic heterocycles. The van der Waals surface area contributed by atoms with Crippen molar-refractivity contribution in [2.45, 2.75) is 104 Å². The molecule has 0 saturated heterocycles. The summed E-state index contributed by atoms with van der Waals surface area (Å²) >= 11 is 0. The Bertz CT molecular complexity index is 100. The van der Waals surface area contributed by atoms with E-state index in [-0.39, 0.29) is 0 Å². The van der Waals surface area contributed by atoms with Gasteiger partial charge >= 0.3 is 0 Å². The second kappa shape index (κ2) is 22.2. The Morgan fingerprint density at radius 1 is 0.444 bits per heavy atom. The summed E-state index contributed by atoms with van der Waals surface area (Å²) in [6.45, 7) is 7.10. The second-order valence-corrected chi connectivity index (χ2v) is 5.26. The molecule has 0 spiro atoms. The number of rotatable bonds is 12. The highest BCUT2D eigenvalue weighted by Crippen LogP contribution is 2.07. The van der Waals surface area contributed by atoms with E-state index in [1.807, 2.05) is 0 Å². The van der Waals surface area contributed by atoms with Crippen LogP contribution in [0.5, 0.6) is 0 Å². The maximum absolute atomic E-state index is 8.51. The summed E-state index contributed by atoms with van der Waals surface area (Å²) in [5.74, 6) is 0. The monoisotopic (exact) mass is 258 g/mol. The van der Waals surface area contributed by atoms with Crippen LogP contribution in [0.2, 0.25) is 0 Å². The van der Waals surface area contributed by atoms with Crippen LogP contribution in [0.15, 0.2) is 0 Å². The number of aliphatic hydroxyl groups is 1. The molecule has 0 aliphatic carbocycles. The molecule has 0 atom stereocenters. The molecule has 0 heterocycles. The summed E-state index contributed by atoms with van der Waals surface area (Å²) in [5, 5.41) is 8.51. The molecule has 0 aliphatic rings. The van der Waals surface area contributed by atoms with Crippen molar-refractivity contribution in [3.05, 3.63) is 0 Å². The van der Waals surface area contributed by atoms with Gasteiger partial charge in [0, 0.05) is 6.61 Å². The van der Waals surface area contributed by atoms with Gasteiger partial charge in [-0.3, -0.25) is 0 Å². The Balaban J connectivity index is 0. The van der Waals surface area contributed by atoms with Gasteiger partial charge in [-0.05, 0) is 6.42 Å². The Hall–Kier alpha value is -0.0400. The fourth-order valence-electron chi connectivity index (χ4n) is 1.92. The molecule has 112 valence electrons. The second-order valence-electron chi connectivity index (χ2n) is 5.26. The zero-order chi connectivity index (χ0) is 13.9. The van der Waals surface area contributed by atoms with E-state index < -0.39 is 0 Å². The van der Waals surface area contributed by atoms with Crippen LogP contribution in [-0.4, -0.2) is 11.7 Å². The molecule has 0 amide bonds. The average Bonchev–Trinajstić information content (AvgIpc) is 2.39. The third kappa shape index (κ3) is 25.0. The van der Waals surface area contributed by atoms with Crippen molar-refractivity contribution < 1.29 is 5.11 Å². The molecule has 0 unspecified atom stereocenters. The molecule has 1 nitrogen and oxygen atoms in total. The topological polar surface area (TPSA) is 20.2 Å². The van der Waals surface area contributed by atoms with Crippen molar-refractivity contribution in [3.63, 3.8) is 0 Å². The minimum Gasteiger partial charge on any atom is -0.396 e. The molecule has 18 heavy (non-hydrogen) atoms. The summed E-state index contributed by atoms with van der Waals surface area (Å²) in [6.07, 6.45) is 17.4. The molecule has 0 rings (SSSR count). The van der Waals surface area contributed by atoms with Crippen LogP contribution in [0.1, 0.15) is 104 Å². The summed E-state index contributed by atoms with van der Waals surface area (Å²) in [7, 11) is 0. The average molecular weight is 258 g/mol. The summed E-state index contributed by atoms with van der Waals surface area (Å²) < 4.78 is 0. The highest BCUT2D eigenvalue weighted by molar-refractivity contribution is 4.44. The van der Waals surface area contributed by atoms with E-state index in [0.29, 0.717) is 6.61 Å². The maximum atomic E-state index is 8.51. The zero-order valence-electron chi connectivity index (χ0n) is 13.3. The van der Waals surface area contributed by atoms with Crippen molar-refractivity contribution in [2.75, 3.05) is 6.61 Å². The first kappa shape index (κ1) is 20.3. The van der Waals surface area contributed by atoms with E-state index in [2.05, 4.69) is 20.8 Å². The molecule has 0 bridgehead atoms. The number of hydrogen-bond donors (Lipinski definition) is 1. The summed E-state index contributed by atoms with van der Waals surface area (Å²) in [4.78, 5) is 0. The third-order valence-electron chi connectivity index (χ3n) is 3.22. The van der Waals surface area contributed by atoms with Crippen LogP contribution in [0.4, 0.5) is 0 Å². The Labute approximate surface area is 116 Å². The quantitative estimate of drug-likeness (QED) is 0.420. The van der Waals surface area contributed by atoms with E-state index in [9.17, 15) is 0 Å². The van der Waals surface area contributed by atoms with Crippen molar-refractivity contribution in [1.29, 1.82) is 0 Å². The van der Waals surface area contributed by atoms with Crippen LogP contribution in [0, 0.1) is 0 Å². The standard InChI is InChI=1S/C10H22O.C7H16/c1-2-3-4-5-6-7-8-9-10-11;1-3-5-7-6-4-2/h11H,2-10H2,1H3;3-7H2,1-2H3. The predicted molar refractivity (Wildman–Crippen MR) is 84.1 cm³/mol. The smallest absolute Gasteiger partial charge is 0.0431 e. The maximum Gasteiger partial charge on any atom is 0.0431 e. The fourth-order valence-corrected chi connectivity index (χ4v) is 1.92. The molecule has 0 saturated carbocycles. The predicted octanol–water partition coefficient (Wildman–Crippen LogP) is 6.10. The van der Waals surface area contributed by atoms with Crippen LogP contribution in [0.3, 0.4) is 0 Å². The van der Waals surface area contributed by atoms with Crippen molar-refractivity contribution >= 4 is 0 Å². The Morgan fingerprint density at radius 3 is 1.06 bits per heavy atom. The van der Waals surface area contributed by atoms with Gasteiger partial charge in [0.15, 0.2) is 0 Å². The van der Waals surface area contributed by atoms with Crippen molar-refractivity contribution in [1.82, 2.24) is 0 Å². The van der Waals surface area contributed by atoms with Crippen LogP contribution in [0.25, 0.3) is 0 Å². The highest BCUT2D eigenvalue weighted by atomic mass is 16.2. The van der Waals surface area contributed by atoms with E-state index in [1.165, 1.54) is 77.0 Å². The lowest BCUT2D eigenvalue weighted by atomic mass is 10.1. The fraction of sp³-hybridized carbons (Fsp3) is 1.00. The lowest BCUT2D eigenvalue weighted by molar-refractivity contribution is 0.282. The molecule has 1 heteroatoms. The molecule has 1 N–H and O–H groups in total. The molecule has 0 aromatic heterocycles. The summed E-state index contributed by atoms with van der Waals surface area (Å²) in [5.41, 5.74) is 0. The SMILES string of the molecule is CCCCCCC.CCCCCCCCCCO. The van der Waals surface area contributed by atoms with Gasteiger partial charge in [-0.25, -0.2) is 0 Å². The van der Waals surface area contributed by atoms with E-state index >= 15 is 0 Å². The molecule has 0 aromatic carbocycles. The Morgan fingerprint density at radius 2 is 0.722 bits per heavy atom. The van der Waals surface area contributed by atoms with Crippen LogP contribution < -0.4 is 0 Å². The van der Waals surface area contributed by atoms with Gasteiger partial charge in [-0.2, -0.15) is 0 Å². The first-order chi connectivity index (χ1) is 8.83. The largest absolute Gasteiger partial charge is 0.396 e. The van der Waals surface area contributed by atoms with E-state index in [4.69, 9.17) is 5.11 Å². The minimum atomic E-state index is 0.370. The minimum absolute atomic E-state index is 0.370. The summed E-state index contributed by atoms with van der Waals surface area (Å²) in [6, 6.07) is 0. The molecular weight excluding hydrogens is 220 g/mol. The van der Waals surface area contributed by atoms with Gasteiger partial charge in [-0.1, -0.05) is 97.8 Å². The first-order valence-electron chi connectivity index (χ1n) is 8.44.